The van der Waals surface area contributed by atoms with E-state index in [9.17, 15) is 0 Å². The van der Waals surface area contributed by atoms with Crippen molar-refractivity contribution < 1.29 is 0 Å². The molecule has 18 heavy (non-hydrogen) atoms. The molecule has 0 bridgehead atoms. The van der Waals surface area contributed by atoms with Crippen molar-refractivity contribution >= 4 is 39.1 Å². The first-order chi connectivity index (χ1) is 8.52. The van der Waals surface area contributed by atoms with E-state index in [1.165, 1.54) is 0 Å². The number of halogens is 3. The summed E-state index contributed by atoms with van der Waals surface area (Å²) in [6.45, 7) is 3.96. The van der Waals surface area contributed by atoms with Crippen LogP contribution in [0, 0.1) is 6.92 Å². The zero-order valence-electron chi connectivity index (χ0n) is 9.97. The van der Waals surface area contributed by atoms with Crippen molar-refractivity contribution in [3.8, 4) is 11.4 Å². The second-order valence-corrected chi connectivity index (χ2v) is 5.56. The van der Waals surface area contributed by atoms with Gasteiger partial charge in [-0.25, -0.2) is 9.97 Å². The quantitative estimate of drug-likeness (QED) is 0.709. The smallest absolute Gasteiger partial charge is 0.162 e. The fourth-order valence-corrected chi connectivity index (χ4v) is 2.86. The summed E-state index contributed by atoms with van der Waals surface area (Å²) in [5.41, 5.74) is 2.66. The number of nitrogens with zero attached hydrogens (tertiary/aromatic N) is 2. The first kappa shape index (κ1) is 13.8. The second-order valence-electron chi connectivity index (χ2n) is 3.88. The van der Waals surface area contributed by atoms with Gasteiger partial charge in [0, 0.05) is 21.3 Å². The average Bonchev–Trinajstić information content (AvgIpc) is 2.28. The summed E-state index contributed by atoms with van der Waals surface area (Å²) >= 11 is 15.7. The molecule has 1 aromatic heterocycles. The molecule has 0 unspecified atom stereocenters. The Balaban J connectivity index is 2.58. The van der Waals surface area contributed by atoms with Crippen molar-refractivity contribution in [2.45, 2.75) is 20.3 Å². The molecule has 0 atom stereocenters. The normalized spacial score (nSPS) is 10.7. The van der Waals surface area contributed by atoms with E-state index in [-0.39, 0.29) is 0 Å². The Morgan fingerprint density at radius 2 is 1.94 bits per heavy atom. The van der Waals surface area contributed by atoms with Crippen LogP contribution >= 0.6 is 39.1 Å². The monoisotopic (exact) mass is 344 g/mol. The summed E-state index contributed by atoms with van der Waals surface area (Å²) in [6, 6.07) is 5.60. The van der Waals surface area contributed by atoms with Crippen LogP contribution < -0.4 is 0 Å². The van der Waals surface area contributed by atoms with Crippen LogP contribution in [0.3, 0.4) is 0 Å². The van der Waals surface area contributed by atoms with E-state index in [0.717, 1.165) is 27.7 Å². The molecule has 0 amide bonds. The molecule has 0 aliphatic rings. The first-order valence-electron chi connectivity index (χ1n) is 5.51. The van der Waals surface area contributed by atoms with Crippen molar-refractivity contribution in [3.63, 3.8) is 0 Å². The number of aromatic nitrogens is 2. The van der Waals surface area contributed by atoms with Gasteiger partial charge in [0.2, 0.25) is 0 Å². The van der Waals surface area contributed by atoms with Gasteiger partial charge in [-0.1, -0.05) is 46.1 Å². The van der Waals surface area contributed by atoms with E-state index in [0.29, 0.717) is 16.0 Å². The van der Waals surface area contributed by atoms with Gasteiger partial charge in [0.05, 0.1) is 5.02 Å². The first-order valence-corrected chi connectivity index (χ1v) is 7.06. The van der Waals surface area contributed by atoms with E-state index < -0.39 is 0 Å². The summed E-state index contributed by atoms with van der Waals surface area (Å²) in [5, 5.41) is 1.10. The van der Waals surface area contributed by atoms with Crippen molar-refractivity contribution in [2.24, 2.45) is 0 Å². The fraction of sp³-hybridized carbons (Fsp3) is 0.231. The van der Waals surface area contributed by atoms with Gasteiger partial charge in [-0.05, 0) is 31.5 Å². The van der Waals surface area contributed by atoms with Gasteiger partial charge in [-0.2, -0.15) is 0 Å². The van der Waals surface area contributed by atoms with Gasteiger partial charge in [0.1, 0.15) is 5.15 Å². The number of benzene rings is 1. The molecule has 0 saturated heterocycles. The molecule has 94 valence electrons. The SMILES string of the molecule is CCc1c(C)nc(-c2ccc(Br)cc2Cl)nc1Cl. The highest BCUT2D eigenvalue weighted by Crippen LogP contribution is 2.30. The molecule has 0 aliphatic heterocycles. The maximum absolute atomic E-state index is 6.19. The molecular weight excluding hydrogens is 335 g/mol. The molecule has 1 aromatic carbocycles. The molecule has 0 spiro atoms. The lowest BCUT2D eigenvalue weighted by Crippen LogP contribution is -1.99. The van der Waals surface area contributed by atoms with Gasteiger partial charge < -0.3 is 0 Å². The predicted octanol–water partition coefficient (Wildman–Crippen LogP) is 5.08. The van der Waals surface area contributed by atoms with Crippen LogP contribution in [0.5, 0.6) is 0 Å². The van der Waals surface area contributed by atoms with E-state index in [2.05, 4.69) is 25.9 Å². The van der Waals surface area contributed by atoms with Crippen LogP contribution in [0.15, 0.2) is 22.7 Å². The van der Waals surface area contributed by atoms with Crippen molar-refractivity contribution in [1.29, 1.82) is 0 Å². The molecule has 0 N–H and O–H groups in total. The second kappa shape index (κ2) is 5.55. The molecule has 2 nitrogen and oxygen atoms in total. The molecular formula is C13H11BrCl2N2. The fourth-order valence-electron chi connectivity index (χ4n) is 1.75. The average molecular weight is 346 g/mol. The van der Waals surface area contributed by atoms with E-state index in [1.807, 2.05) is 32.0 Å². The Bertz CT molecular complexity index is 577. The number of aryl methyl sites for hydroxylation is 1. The Hall–Kier alpha value is -0.640. The molecule has 0 aliphatic carbocycles. The Morgan fingerprint density at radius 3 is 2.50 bits per heavy atom. The largest absolute Gasteiger partial charge is 0.233 e. The van der Waals surface area contributed by atoms with Crippen LogP contribution in [0.1, 0.15) is 18.2 Å². The highest BCUT2D eigenvalue weighted by Gasteiger charge is 2.12. The van der Waals surface area contributed by atoms with Gasteiger partial charge in [-0.15, -0.1) is 0 Å². The molecule has 0 saturated carbocycles. The third kappa shape index (κ3) is 2.68. The highest BCUT2D eigenvalue weighted by atomic mass is 79.9. The molecule has 5 heteroatoms. The summed E-state index contributed by atoms with van der Waals surface area (Å²) in [4.78, 5) is 8.79. The van der Waals surface area contributed by atoms with Gasteiger partial charge in [-0.3, -0.25) is 0 Å². The minimum absolute atomic E-state index is 0.499. The Morgan fingerprint density at radius 1 is 1.22 bits per heavy atom. The maximum atomic E-state index is 6.19. The lowest BCUT2D eigenvalue weighted by molar-refractivity contribution is 1.00. The molecule has 0 fully saturated rings. The van der Waals surface area contributed by atoms with Crippen LogP contribution in [0.2, 0.25) is 10.2 Å². The number of hydrogen-bond acceptors (Lipinski definition) is 2. The Kier molecular flexibility index (Phi) is 4.25. The van der Waals surface area contributed by atoms with Crippen LogP contribution in [-0.2, 0) is 6.42 Å². The lowest BCUT2D eigenvalue weighted by Gasteiger charge is -2.09. The van der Waals surface area contributed by atoms with Gasteiger partial charge in [0.15, 0.2) is 5.82 Å². The van der Waals surface area contributed by atoms with Crippen LogP contribution in [-0.4, -0.2) is 9.97 Å². The minimum atomic E-state index is 0.499. The van der Waals surface area contributed by atoms with Crippen molar-refractivity contribution in [1.82, 2.24) is 9.97 Å². The number of rotatable bonds is 2. The summed E-state index contributed by atoms with van der Waals surface area (Å²) in [5.74, 6) is 0.562. The standard InChI is InChI=1S/C13H11BrCl2N2/c1-3-9-7(2)17-13(18-12(9)16)10-5-4-8(14)6-11(10)15/h4-6H,3H2,1-2H3. The predicted molar refractivity (Wildman–Crippen MR) is 79.3 cm³/mol. The maximum Gasteiger partial charge on any atom is 0.162 e. The van der Waals surface area contributed by atoms with Crippen molar-refractivity contribution in [2.75, 3.05) is 0 Å². The van der Waals surface area contributed by atoms with E-state index in [1.54, 1.807) is 0 Å². The van der Waals surface area contributed by atoms with Gasteiger partial charge in [0.25, 0.3) is 0 Å². The summed E-state index contributed by atoms with van der Waals surface area (Å²) in [6.07, 6.45) is 0.818. The molecule has 2 rings (SSSR count). The zero-order chi connectivity index (χ0) is 13.3. The van der Waals surface area contributed by atoms with E-state index >= 15 is 0 Å². The number of hydrogen-bond donors (Lipinski definition) is 0. The third-order valence-corrected chi connectivity index (χ3v) is 3.81. The molecule has 2 aromatic rings. The zero-order valence-corrected chi connectivity index (χ0v) is 13.1. The third-order valence-electron chi connectivity index (χ3n) is 2.69. The van der Waals surface area contributed by atoms with Crippen LogP contribution in [0.4, 0.5) is 0 Å². The topological polar surface area (TPSA) is 25.8 Å². The molecule has 0 radical (unpaired) electrons. The minimum Gasteiger partial charge on any atom is -0.233 e. The Labute approximate surface area is 124 Å². The van der Waals surface area contributed by atoms with Gasteiger partial charge >= 0.3 is 0 Å². The van der Waals surface area contributed by atoms with Crippen molar-refractivity contribution in [3.05, 3.63) is 44.1 Å². The summed E-state index contributed by atoms with van der Waals surface area (Å²) < 4.78 is 0.921. The highest BCUT2D eigenvalue weighted by molar-refractivity contribution is 9.10. The van der Waals surface area contributed by atoms with Crippen LogP contribution in [0.25, 0.3) is 11.4 Å². The van der Waals surface area contributed by atoms with E-state index in [4.69, 9.17) is 23.2 Å². The summed E-state index contributed by atoms with van der Waals surface area (Å²) in [7, 11) is 0. The lowest BCUT2D eigenvalue weighted by atomic mass is 10.1. The molecule has 1 heterocycles.